The zero-order chi connectivity index (χ0) is 17.2. The molecule has 0 fully saturated rings. The van der Waals surface area contributed by atoms with Gasteiger partial charge in [-0.1, -0.05) is 18.2 Å². The summed E-state index contributed by atoms with van der Waals surface area (Å²) in [5.74, 6) is 0.833. The van der Waals surface area contributed by atoms with Crippen LogP contribution in [0, 0.1) is 5.82 Å². The molecule has 0 saturated carbocycles. The second-order valence-corrected chi connectivity index (χ2v) is 5.24. The molecule has 0 atom stereocenters. The van der Waals surface area contributed by atoms with Crippen LogP contribution < -0.4 is 14.8 Å². The lowest BCUT2D eigenvalue weighted by Crippen LogP contribution is -2.29. The molecule has 0 unspecified atom stereocenters. The maximum absolute atomic E-state index is 12.8. The maximum atomic E-state index is 12.8. The van der Waals surface area contributed by atoms with Crippen molar-refractivity contribution in [1.82, 2.24) is 5.32 Å². The summed E-state index contributed by atoms with van der Waals surface area (Å²) in [4.78, 5) is 11.7. The lowest BCUT2D eigenvalue weighted by Gasteiger charge is -2.10. The Morgan fingerprint density at radius 3 is 2.58 bits per heavy atom. The maximum Gasteiger partial charge on any atom is 0.257 e. The third-order valence-corrected chi connectivity index (χ3v) is 3.40. The highest BCUT2D eigenvalue weighted by Crippen LogP contribution is 2.19. The molecule has 5 heteroatoms. The number of aryl methyl sites for hydroxylation is 1. The van der Waals surface area contributed by atoms with Gasteiger partial charge in [-0.3, -0.25) is 4.79 Å². The first-order chi connectivity index (χ1) is 11.7. The van der Waals surface area contributed by atoms with Crippen molar-refractivity contribution in [3.8, 4) is 11.5 Å². The van der Waals surface area contributed by atoms with E-state index in [-0.39, 0.29) is 18.3 Å². The van der Waals surface area contributed by atoms with Gasteiger partial charge in [-0.05, 0) is 55.7 Å². The van der Waals surface area contributed by atoms with E-state index in [2.05, 4.69) is 5.32 Å². The molecule has 0 aromatic heterocycles. The Kier molecular flexibility index (Phi) is 7.08. The van der Waals surface area contributed by atoms with E-state index < -0.39 is 0 Å². The van der Waals surface area contributed by atoms with Gasteiger partial charge < -0.3 is 14.8 Å². The number of amides is 1. The van der Waals surface area contributed by atoms with E-state index in [0.717, 1.165) is 24.2 Å². The van der Waals surface area contributed by atoms with Crippen LogP contribution in [-0.4, -0.2) is 25.7 Å². The van der Waals surface area contributed by atoms with Crippen molar-refractivity contribution in [2.75, 3.05) is 19.8 Å². The van der Waals surface area contributed by atoms with Crippen molar-refractivity contribution in [2.45, 2.75) is 19.8 Å². The number of halogens is 1. The quantitative estimate of drug-likeness (QED) is 0.717. The summed E-state index contributed by atoms with van der Waals surface area (Å²) in [5, 5.41) is 2.81. The number of ether oxygens (including phenoxy) is 2. The van der Waals surface area contributed by atoms with Crippen molar-refractivity contribution in [3.05, 3.63) is 59.9 Å². The van der Waals surface area contributed by atoms with Gasteiger partial charge in [0.2, 0.25) is 0 Å². The molecule has 1 amide bonds. The molecule has 0 saturated heterocycles. The molecule has 2 rings (SSSR count). The third-order valence-electron chi connectivity index (χ3n) is 3.40. The minimum atomic E-state index is -0.334. The van der Waals surface area contributed by atoms with Crippen molar-refractivity contribution >= 4 is 5.91 Å². The highest BCUT2D eigenvalue weighted by molar-refractivity contribution is 5.77. The van der Waals surface area contributed by atoms with Gasteiger partial charge in [0.05, 0.1) is 6.61 Å². The van der Waals surface area contributed by atoms with Gasteiger partial charge in [0.15, 0.2) is 6.61 Å². The van der Waals surface area contributed by atoms with Crippen LogP contribution in [0.3, 0.4) is 0 Å². The summed E-state index contributed by atoms with van der Waals surface area (Å²) in [7, 11) is 0. The van der Waals surface area contributed by atoms with Gasteiger partial charge in [-0.25, -0.2) is 4.39 Å². The summed E-state index contributed by atoms with van der Waals surface area (Å²) >= 11 is 0. The van der Waals surface area contributed by atoms with Crippen LogP contribution in [0.15, 0.2) is 48.5 Å². The summed E-state index contributed by atoms with van der Waals surface area (Å²) in [6, 6.07) is 13.5. The Labute approximate surface area is 141 Å². The molecule has 0 aliphatic heterocycles. The van der Waals surface area contributed by atoms with Gasteiger partial charge in [-0.15, -0.1) is 0 Å². The molecule has 1 N–H and O–H groups in total. The van der Waals surface area contributed by atoms with Crippen LogP contribution >= 0.6 is 0 Å². The van der Waals surface area contributed by atoms with E-state index in [9.17, 15) is 9.18 Å². The average Bonchev–Trinajstić information content (AvgIpc) is 2.60. The van der Waals surface area contributed by atoms with Gasteiger partial charge >= 0.3 is 0 Å². The first-order valence-corrected chi connectivity index (χ1v) is 8.05. The zero-order valence-electron chi connectivity index (χ0n) is 13.8. The van der Waals surface area contributed by atoms with Crippen LogP contribution in [0.4, 0.5) is 4.39 Å². The molecule has 24 heavy (non-hydrogen) atoms. The SMILES string of the molecule is CCOc1ccccc1CCCNC(=O)COc1ccc(F)cc1. The predicted octanol–water partition coefficient (Wildman–Crippen LogP) is 3.35. The largest absolute Gasteiger partial charge is 0.494 e. The summed E-state index contributed by atoms with van der Waals surface area (Å²) < 4.78 is 23.6. The van der Waals surface area contributed by atoms with Crippen molar-refractivity contribution in [1.29, 1.82) is 0 Å². The van der Waals surface area contributed by atoms with Crippen molar-refractivity contribution < 1.29 is 18.7 Å². The predicted molar refractivity (Wildman–Crippen MR) is 90.8 cm³/mol. The van der Waals surface area contributed by atoms with E-state index in [0.29, 0.717) is 18.9 Å². The molecule has 2 aromatic rings. The molecule has 0 spiro atoms. The molecular formula is C19H22FNO3. The number of carbonyl (C=O) groups is 1. The highest BCUT2D eigenvalue weighted by Gasteiger charge is 2.05. The van der Waals surface area contributed by atoms with Crippen molar-refractivity contribution in [3.63, 3.8) is 0 Å². The fourth-order valence-corrected chi connectivity index (χ4v) is 2.24. The standard InChI is InChI=1S/C19H22FNO3/c1-2-23-18-8-4-3-6-15(18)7-5-13-21-19(22)14-24-17-11-9-16(20)10-12-17/h3-4,6,8-12H,2,5,7,13-14H2,1H3,(H,21,22). The number of para-hydroxylation sites is 1. The van der Waals surface area contributed by atoms with E-state index in [1.807, 2.05) is 31.2 Å². The van der Waals surface area contributed by atoms with E-state index in [4.69, 9.17) is 9.47 Å². The Morgan fingerprint density at radius 1 is 1.08 bits per heavy atom. The van der Waals surface area contributed by atoms with Gasteiger partial charge in [0, 0.05) is 6.54 Å². The Hall–Kier alpha value is -2.56. The number of benzene rings is 2. The number of hydrogen-bond acceptors (Lipinski definition) is 3. The average molecular weight is 331 g/mol. The molecule has 4 nitrogen and oxygen atoms in total. The lowest BCUT2D eigenvalue weighted by atomic mass is 10.1. The summed E-state index contributed by atoms with van der Waals surface area (Å²) in [5.41, 5.74) is 1.14. The highest BCUT2D eigenvalue weighted by atomic mass is 19.1. The number of rotatable bonds is 9. The molecule has 0 heterocycles. The van der Waals surface area contributed by atoms with Gasteiger partial charge in [-0.2, -0.15) is 0 Å². The second kappa shape index (κ2) is 9.55. The monoisotopic (exact) mass is 331 g/mol. The van der Waals surface area contributed by atoms with E-state index >= 15 is 0 Å². The van der Waals surface area contributed by atoms with Crippen molar-refractivity contribution in [2.24, 2.45) is 0 Å². The molecule has 128 valence electrons. The van der Waals surface area contributed by atoms with Crippen LogP contribution in [0.5, 0.6) is 11.5 Å². The smallest absolute Gasteiger partial charge is 0.257 e. The minimum absolute atomic E-state index is 0.0822. The van der Waals surface area contributed by atoms with E-state index in [1.165, 1.54) is 24.3 Å². The molecule has 2 aromatic carbocycles. The van der Waals surface area contributed by atoms with Crippen LogP contribution in [0.25, 0.3) is 0 Å². The molecule has 0 aliphatic rings. The number of carbonyl (C=O) groups excluding carboxylic acids is 1. The fraction of sp³-hybridized carbons (Fsp3) is 0.316. The van der Waals surface area contributed by atoms with Crippen LogP contribution in [0.1, 0.15) is 18.9 Å². The summed E-state index contributed by atoms with van der Waals surface area (Å²) in [6.07, 6.45) is 1.64. The zero-order valence-corrected chi connectivity index (χ0v) is 13.8. The summed E-state index contributed by atoms with van der Waals surface area (Å²) in [6.45, 7) is 3.07. The molecular weight excluding hydrogens is 309 g/mol. The van der Waals surface area contributed by atoms with Crippen LogP contribution in [-0.2, 0) is 11.2 Å². The molecule has 0 aliphatic carbocycles. The number of nitrogens with one attached hydrogen (secondary N) is 1. The first kappa shape index (κ1) is 17.8. The topological polar surface area (TPSA) is 47.6 Å². The number of hydrogen-bond donors (Lipinski definition) is 1. The fourth-order valence-electron chi connectivity index (χ4n) is 2.24. The molecule has 0 bridgehead atoms. The Balaban J connectivity index is 1.67. The van der Waals surface area contributed by atoms with Crippen LogP contribution in [0.2, 0.25) is 0 Å². The van der Waals surface area contributed by atoms with Gasteiger partial charge in [0.1, 0.15) is 17.3 Å². The third kappa shape index (κ3) is 5.91. The molecule has 0 radical (unpaired) electrons. The minimum Gasteiger partial charge on any atom is -0.494 e. The lowest BCUT2D eigenvalue weighted by molar-refractivity contribution is -0.123. The van der Waals surface area contributed by atoms with E-state index in [1.54, 1.807) is 0 Å². The normalized spacial score (nSPS) is 10.2. The van der Waals surface area contributed by atoms with Gasteiger partial charge in [0.25, 0.3) is 5.91 Å². The Bertz CT molecular complexity index is 643. The second-order valence-electron chi connectivity index (χ2n) is 5.24. The first-order valence-electron chi connectivity index (χ1n) is 8.05. The Morgan fingerprint density at radius 2 is 1.83 bits per heavy atom.